The SMILES string of the molecule is O=C(OCC1c2ccccc2-c2ccccc21)N1C2C=C(c3cc(Cl)ccc3F)CC1CCC2. The quantitative estimate of drug-likeness (QED) is 0.395. The van der Waals surface area contributed by atoms with Gasteiger partial charge in [-0.3, -0.25) is 4.90 Å². The van der Waals surface area contributed by atoms with E-state index in [1.807, 2.05) is 35.2 Å². The summed E-state index contributed by atoms with van der Waals surface area (Å²) in [7, 11) is 0. The van der Waals surface area contributed by atoms with E-state index in [-0.39, 0.29) is 29.9 Å². The first-order valence-corrected chi connectivity index (χ1v) is 12.3. The molecule has 2 atom stereocenters. The minimum absolute atomic E-state index is 0.00721. The number of ether oxygens (including phenoxy) is 1. The van der Waals surface area contributed by atoms with Crippen molar-refractivity contribution in [3.05, 3.63) is 100 Å². The van der Waals surface area contributed by atoms with Crippen LogP contribution < -0.4 is 0 Å². The zero-order valence-corrected chi connectivity index (χ0v) is 19.5. The molecule has 0 N–H and O–H groups in total. The largest absolute Gasteiger partial charge is 0.448 e. The van der Waals surface area contributed by atoms with Gasteiger partial charge in [0.2, 0.25) is 0 Å². The third kappa shape index (κ3) is 3.61. The Morgan fingerprint density at radius 1 is 0.971 bits per heavy atom. The van der Waals surface area contributed by atoms with E-state index >= 15 is 0 Å². The van der Waals surface area contributed by atoms with Gasteiger partial charge in [0.1, 0.15) is 12.4 Å². The lowest BCUT2D eigenvalue weighted by Gasteiger charge is -2.44. The van der Waals surface area contributed by atoms with Crippen LogP contribution in [-0.2, 0) is 4.74 Å². The molecule has 0 aromatic heterocycles. The van der Waals surface area contributed by atoms with Gasteiger partial charge in [-0.1, -0.05) is 66.2 Å². The summed E-state index contributed by atoms with van der Waals surface area (Å²) in [5.74, 6) is -0.240. The summed E-state index contributed by atoms with van der Waals surface area (Å²) in [5.41, 5.74) is 6.30. The van der Waals surface area contributed by atoms with Gasteiger partial charge in [-0.25, -0.2) is 9.18 Å². The van der Waals surface area contributed by atoms with Gasteiger partial charge in [0.15, 0.2) is 0 Å². The number of nitrogens with zero attached hydrogens (tertiary/aromatic N) is 1. The highest BCUT2D eigenvalue weighted by atomic mass is 35.5. The lowest BCUT2D eigenvalue weighted by molar-refractivity contribution is 0.0538. The third-order valence-electron chi connectivity index (χ3n) is 7.46. The van der Waals surface area contributed by atoms with E-state index in [1.54, 1.807) is 12.1 Å². The Balaban J connectivity index is 1.23. The van der Waals surface area contributed by atoms with Crippen LogP contribution in [0.5, 0.6) is 0 Å². The van der Waals surface area contributed by atoms with E-state index in [1.165, 1.54) is 28.3 Å². The molecule has 34 heavy (non-hydrogen) atoms. The van der Waals surface area contributed by atoms with E-state index in [0.717, 1.165) is 24.8 Å². The first-order chi connectivity index (χ1) is 16.6. The molecule has 6 rings (SSSR count). The summed E-state index contributed by atoms with van der Waals surface area (Å²) in [5, 5.41) is 0.515. The number of halogens is 2. The summed E-state index contributed by atoms with van der Waals surface area (Å²) in [4.78, 5) is 15.2. The molecular weight excluding hydrogens is 449 g/mol. The van der Waals surface area contributed by atoms with Gasteiger partial charge >= 0.3 is 6.09 Å². The van der Waals surface area contributed by atoms with Crippen molar-refractivity contribution in [1.29, 1.82) is 0 Å². The van der Waals surface area contributed by atoms with E-state index in [0.29, 0.717) is 23.6 Å². The van der Waals surface area contributed by atoms with Crippen molar-refractivity contribution in [2.75, 3.05) is 6.61 Å². The monoisotopic (exact) mass is 473 g/mol. The summed E-state index contributed by atoms with van der Waals surface area (Å²) in [6, 6.07) is 21.3. The number of carbonyl (C=O) groups is 1. The van der Waals surface area contributed by atoms with Gasteiger partial charge in [-0.05, 0) is 71.7 Å². The Kier molecular flexibility index (Phi) is 5.41. The van der Waals surface area contributed by atoms with E-state index < -0.39 is 0 Å². The fourth-order valence-electron chi connectivity index (χ4n) is 5.93. The fraction of sp³-hybridized carbons (Fsp3) is 0.276. The van der Waals surface area contributed by atoms with Crippen molar-refractivity contribution in [2.45, 2.75) is 43.7 Å². The molecular formula is C29H25ClFNO2. The van der Waals surface area contributed by atoms with Crippen LogP contribution >= 0.6 is 11.6 Å². The van der Waals surface area contributed by atoms with Gasteiger partial charge in [-0.15, -0.1) is 0 Å². The Bertz CT molecular complexity index is 1260. The highest BCUT2D eigenvalue weighted by molar-refractivity contribution is 6.30. The molecule has 0 radical (unpaired) electrons. The zero-order chi connectivity index (χ0) is 23.2. The molecule has 5 heteroatoms. The van der Waals surface area contributed by atoms with Gasteiger partial charge in [0.25, 0.3) is 0 Å². The van der Waals surface area contributed by atoms with Gasteiger partial charge < -0.3 is 4.74 Å². The van der Waals surface area contributed by atoms with Crippen LogP contribution in [0, 0.1) is 5.82 Å². The van der Waals surface area contributed by atoms with Crippen molar-refractivity contribution < 1.29 is 13.9 Å². The van der Waals surface area contributed by atoms with Gasteiger partial charge in [-0.2, -0.15) is 0 Å². The van der Waals surface area contributed by atoms with Crippen LogP contribution in [0.15, 0.2) is 72.8 Å². The number of rotatable bonds is 3. The average Bonchev–Trinajstić information content (AvgIpc) is 3.17. The van der Waals surface area contributed by atoms with Crippen molar-refractivity contribution in [3.8, 4) is 11.1 Å². The molecule has 3 aliphatic rings. The Hall–Kier alpha value is -3.11. The maximum Gasteiger partial charge on any atom is 0.410 e. The zero-order valence-electron chi connectivity index (χ0n) is 18.7. The Labute approximate surface area is 203 Å². The van der Waals surface area contributed by atoms with Crippen molar-refractivity contribution in [1.82, 2.24) is 4.90 Å². The van der Waals surface area contributed by atoms with E-state index in [2.05, 4.69) is 24.3 Å². The van der Waals surface area contributed by atoms with Crippen LogP contribution in [0.25, 0.3) is 16.7 Å². The topological polar surface area (TPSA) is 29.5 Å². The number of benzene rings is 3. The van der Waals surface area contributed by atoms with Crippen LogP contribution in [0.2, 0.25) is 5.02 Å². The summed E-state index contributed by atoms with van der Waals surface area (Å²) >= 11 is 6.13. The summed E-state index contributed by atoms with van der Waals surface area (Å²) in [6.45, 7) is 0.308. The smallest absolute Gasteiger partial charge is 0.410 e. The molecule has 1 aliphatic carbocycles. The first-order valence-electron chi connectivity index (χ1n) is 11.9. The summed E-state index contributed by atoms with van der Waals surface area (Å²) in [6.07, 6.45) is 5.15. The molecule has 172 valence electrons. The standard InChI is InChI=1S/C29H25ClFNO2/c30-19-12-13-28(31)26(16-19)18-14-20-6-5-7-21(15-18)32(20)29(33)34-17-27-24-10-3-1-8-22(24)23-9-2-4-11-25(23)27/h1-4,8-14,16,20-21,27H,5-7,15,17H2. The molecule has 1 amide bonds. The maximum atomic E-state index is 14.5. The van der Waals surface area contributed by atoms with Crippen LogP contribution in [0.3, 0.4) is 0 Å². The molecule has 0 saturated carbocycles. The Morgan fingerprint density at radius 2 is 1.68 bits per heavy atom. The second kappa shape index (κ2) is 8.59. The highest BCUT2D eigenvalue weighted by Crippen LogP contribution is 2.45. The Morgan fingerprint density at radius 3 is 2.38 bits per heavy atom. The minimum atomic E-state index is -0.279. The van der Waals surface area contributed by atoms with Crippen LogP contribution in [-0.4, -0.2) is 29.7 Å². The number of piperidine rings is 1. The number of amides is 1. The van der Waals surface area contributed by atoms with Gasteiger partial charge in [0.05, 0.1) is 6.04 Å². The molecule has 2 unspecified atom stereocenters. The van der Waals surface area contributed by atoms with Gasteiger partial charge in [0, 0.05) is 22.5 Å². The normalized spacial score (nSPS) is 21.0. The number of hydrogen-bond donors (Lipinski definition) is 0. The average molecular weight is 474 g/mol. The first kappa shape index (κ1) is 21.4. The van der Waals surface area contributed by atoms with Crippen LogP contribution in [0.4, 0.5) is 9.18 Å². The lowest BCUT2D eigenvalue weighted by atomic mass is 9.83. The third-order valence-corrected chi connectivity index (χ3v) is 7.69. The molecule has 3 aromatic carbocycles. The maximum absolute atomic E-state index is 14.5. The summed E-state index contributed by atoms with van der Waals surface area (Å²) < 4.78 is 20.5. The molecule has 3 aromatic rings. The number of carbonyl (C=O) groups excluding carboxylic acids is 1. The second-order valence-electron chi connectivity index (χ2n) is 9.38. The number of fused-ring (bicyclic) bond motifs is 5. The fourth-order valence-corrected chi connectivity index (χ4v) is 6.10. The molecule has 3 nitrogen and oxygen atoms in total. The highest BCUT2D eigenvalue weighted by Gasteiger charge is 2.39. The molecule has 2 aliphatic heterocycles. The molecule has 1 saturated heterocycles. The lowest BCUT2D eigenvalue weighted by Crippen LogP contribution is -2.52. The number of hydrogen-bond acceptors (Lipinski definition) is 2. The predicted molar refractivity (Wildman–Crippen MR) is 132 cm³/mol. The molecule has 2 bridgehead atoms. The van der Waals surface area contributed by atoms with E-state index in [9.17, 15) is 9.18 Å². The second-order valence-corrected chi connectivity index (χ2v) is 9.82. The van der Waals surface area contributed by atoms with Crippen LogP contribution in [0.1, 0.15) is 48.3 Å². The minimum Gasteiger partial charge on any atom is -0.448 e. The molecule has 1 fully saturated rings. The van der Waals surface area contributed by atoms with Crippen molar-refractivity contribution in [2.24, 2.45) is 0 Å². The van der Waals surface area contributed by atoms with E-state index in [4.69, 9.17) is 16.3 Å². The molecule has 2 heterocycles. The molecule has 0 spiro atoms. The van der Waals surface area contributed by atoms with Crippen molar-refractivity contribution >= 4 is 23.3 Å². The predicted octanol–water partition coefficient (Wildman–Crippen LogP) is 7.44. The van der Waals surface area contributed by atoms with Crippen molar-refractivity contribution in [3.63, 3.8) is 0 Å².